The third kappa shape index (κ3) is 3.41. The normalized spacial score (nSPS) is 12.0. The number of rotatable bonds is 3. The van der Waals surface area contributed by atoms with Crippen LogP contribution in [0.4, 0.5) is 0 Å². The Morgan fingerprint density at radius 3 is 2.24 bits per heavy atom. The van der Waals surface area contributed by atoms with Crippen molar-refractivity contribution < 1.29 is 0 Å². The Bertz CT molecular complexity index is 1330. The van der Waals surface area contributed by atoms with Crippen molar-refractivity contribution in [3.8, 4) is 21.7 Å². The summed E-state index contributed by atoms with van der Waals surface area (Å²) in [5.74, 6) is 0. The number of pyridine rings is 1. The average molecular weight is 410 g/mol. The van der Waals surface area contributed by atoms with Crippen LogP contribution in [0.3, 0.4) is 0 Å². The zero-order valence-electron chi connectivity index (χ0n) is 16.9. The molecule has 0 saturated heterocycles. The van der Waals surface area contributed by atoms with Gasteiger partial charge in [-0.15, -0.1) is 11.3 Å². The summed E-state index contributed by atoms with van der Waals surface area (Å²) in [5, 5.41) is 5.41. The first-order chi connectivity index (χ1) is 14.0. The SMILES string of the molecule is C[Si](C)(C)c1cc(-c2ccc3cc(-c4ccccc4)sc3n2)cc2ccccc12. The van der Waals surface area contributed by atoms with Crippen molar-refractivity contribution in [3.05, 3.63) is 84.9 Å². The lowest BCUT2D eigenvalue weighted by Crippen LogP contribution is -2.38. The number of aromatic nitrogens is 1. The molecule has 0 atom stereocenters. The molecule has 0 unspecified atom stereocenters. The predicted molar refractivity (Wildman–Crippen MR) is 131 cm³/mol. The lowest BCUT2D eigenvalue weighted by atomic mass is 10.0. The first kappa shape index (κ1) is 18.3. The van der Waals surface area contributed by atoms with E-state index in [1.165, 1.54) is 37.3 Å². The summed E-state index contributed by atoms with van der Waals surface area (Å²) in [4.78, 5) is 7.43. The van der Waals surface area contributed by atoms with Gasteiger partial charge in [0.25, 0.3) is 0 Å². The van der Waals surface area contributed by atoms with Gasteiger partial charge in [-0.25, -0.2) is 4.98 Å². The molecule has 0 radical (unpaired) electrons. The Hall–Kier alpha value is -2.75. The van der Waals surface area contributed by atoms with Gasteiger partial charge in [-0.3, -0.25) is 0 Å². The molecule has 5 rings (SSSR count). The molecule has 0 saturated carbocycles. The van der Waals surface area contributed by atoms with Gasteiger partial charge >= 0.3 is 0 Å². The summed E-state index contributed by atoms with van der Waals surface area (Å²) >= 11 is 1.77. The molecule has 5 aromatic rings. The fourth-order valence-corrected chi connectivity index (χ4v) is 6.56. The zero-order valence-corrected chi connectivity index (χ0v) is 18.8. The Morgan fingerprint density at radius 1 is 0.690 bits per heavy atom. The van der Waals surface area contributed by atoms with Crippen LogP contribution in [-0.2, 0) is 0 Å². The predicted octanol–water partition coefficient (Wildman–Crippen LogP) is 7.33. The van der Waals surface area contributed by atoms with E-state index in [0.717, 1.165) is 10.5 Å². The maximum atomic E-state index is 5.06. The fraction of sp³-hybridized carbons (Fsp3) is 0.115. The Morgan fingerprint density at radius 2 is 1.45 bits per heavy atom. The van der Waals surface area contributed by atoms with E-state index >= 15 is 0 Å². The molecule has 0 bridgehead atoms. The van der Waals surface area contributed by atoms with Crippen LogP contribution in [-0.4, -0.2) is 13.1 Å². The fourth-order valence-electron chi connectivity index (χ4n) is 3.90. The number of hydrogen-bond acceptors (Lipinski definition) is 2. The van der Waals surface area contributed by atoms with E-state index in [1.807, 2.05) is 0 Å². The third-order valence-electron chi connectivity index (χ3n) is 5.41. The third-order valence-corrected chi connectivity index (χ3v) is 8.53. The molecular weight excluding hydrogens is 386 g/mol. The second-order valence-corrected chi connectivity index (χ2v) is 14.6. The van der Waals surface area contributed by atoms with Gasteiger partial charge < -0.3 is 0 Å². The summed E-state index contributed by atoms with van der Waals surface area (Å²) in [6.07, 6.45) is 0. The monoisotopic (exact) mass is 409 g/mol. The van der Waals surface area contributed by atoms with Crippen molar-refractivity contribution in [1.82, 2.24) is 4.98 Å². The average Bonchev–Trinajstić information content (AvgIpc) is 3.16. The molecular formula is C26H23NSSi. The summed E-state index contributed by atoms with van der Waals surface area (Å²) in [6.45, 7) is 7.25. The van der Waals surface area contributed by atoms with Crippen LogP contribution in [0.2, 0.25) is 19.6 Å². The molecule has 2 heterocycles. The molecule has 0 N–H and O–H groups in total. The Balaban J connectivity index is 1.66. The molecule has 142 valence electrons. The summed E-state index contributed by atoms with van der Waals surface area (Å²) < 4.78 is 0. The van der Waals surface area contributed by atoms with E-state index in [0.29, 0.717) is 0 Å². The molecule has 0 aliphatic rings. The van der Waals surface area contributed by atoms with Crippen molar-refractivity contribution in [1.29, 1.82) is 0 Å². The molecule has 0 spiro atoms. The van der Waals surface area contributed by atoms with E-state index in [-0.39, 0.29) is 0 Å². The minimum absolute atomic E-state index is 1.06. The lowest BCUT2D eigenvalue weighted by molar-refractivity contribution is 1.43. The maximum absolute atomic E-state index is 5.06. The minimum atomic E-state index is -1.48. The number of benzene rings is 3. The standard InChI is InChI=1S/C26H23NSSi/c1-29(2,3)25-17-21(15-19-11-7-8-12-22(19)25)23-14-13-20-16-24(28-26(20)27-23)18-9-5-4-6-10-18/h4-17H,1-3H3. The summed E-state index contributed by atoms with van der Waals surface area (Å²) in [7, 11) is -1.48. The number of hydrogen-bond donors (Lipinski definition) is 0. The van der Waals surface area contributed by atoms with Gasteiger partial charge in [0.2, 0.25) is 0 Å². The van der Waals surface area contributed by atoms with Gasteiger partial charge in [0.15, 0.2) is 0 Å². The van der Waals surface area contributed by atoms with E-state index in [4.69, 9.17) is 4.98 Å². The van der Waals surface area contributed by atoms with Gasteiger partial charge in [-0.2, -0.15) is 0 Å². The van der Waals surface area contributed by atoms with Gasteiger partial charge in [0, 0.05) is 15.8 Å². The van der Waals surface area contributed by atoms with E-state index in [1.54, 1.807) is 11.3 Å². The summed E-state index contributed by atoms with van der Waals surface area (Å²) in [5.41, 5.74) is 3.53. The van der Waals surface area contributed by atoms with Crippen LogP contribution >= 0.6 is 11.3 Å². The van der Waals surface area contributed by atoms with Crippen molar-refractivity contribution >= 4 is 45.6 Å². The van der Waals surface area contributed by atoms with Crippen LogP contribution in [0, 0.1) is 0 Å². The molecule has 3 heteroatoms. The summed E-state index contributed by atoms with van der Waals surface area (Å²) in [6, 6.07) is 30.6. The van der Waals surface area contributed by atoms with Crippen LogP contribution in [0.25, 0.3) is 42.7 Å². The van der Waals surface area contributed by atoms with Gasteiger partial charge in [-0.1, -0.05) is 85.5 Å². The van der Waals surface area contributed by atoms with Crippen molar-refractivity contribution in [3.63, 3.8) is 0 Å². The quantitative estimate of drug-likeness (QED) is 0.284. The van der Waals surface area contributed by atoms with Crippen molar-refractivity contribution in [2.75, 3.05) is 0 Å². The van der Waals surface area contributed by atoms with E-state index in [2.05, 4.69) is 105 Å². The maximum Gasteiger partial charge on any atom is 0.124 e. The largest absolute Gasteiger partial charge is 0.237 e. The van der Waals surface area contributed by atoms with Crippen molar-refractivity contribution in [2.24, 2.45) is 0 Å². The number of thiophene rings is 1. The van der Waals surface area contributed by atoms with E-state index < -0.39 is 8.07 Å². The molecule has 0 fully saturated rings. The van der Waals surface area contributed by atoms with Crippen LogP contribution in [0.5, 0.6) is 0 Å². The van der Waals surface area contributed by atoms with Gasteiger partial charge in [0.1, 0.15) is 4.83 Å². The lowest BCUT2D eigenvalue weighted by Gasteiger charge is -2.20. The van der Waals surface area contributed by atoms with Crippen LogP contribution < -0.4 is 5.19 Å². The van der Waals surface area contributed by atoms with Crippen LogP contribution in [0.1, 0.15) is 0 Å². The van der Waals surface area contributed by atoms with Crippen LogP contribution in [0.15, 0.2) is 84.9 Å². The van der Waals surface area contributed by atoms with Crippen molar-refractivity contribution in [2.45, 2.75) is 19.6 Å². The van der Waals surface area contributed by atoms with Gasteiger partial charge in [0.05, 0.1) is 13.8 Å². The second kappa shape index (κ2) is 6.94. The molecule has 29 heavy (non-hydrogen) atoms. The number of nitrogens with zero attached hydrogens (tertiary/aromatic N) is 1. The highest BCUT2D eigenvalue weighted by molar-refractivity contribution is 7.21. The molecule has 0 aliphatic heterocycles. The molecule has 0 amide bonds. The Labute approximate surface area is 176 Å². The van der Waals surface area contributed by atoms with Gasteiger partial charge in [-0.05, 0) is 40.6 Å². The molecule has 0 aliphatic carbocycles. The smallest absolute Gasteiger partial charge is 0.124 e. The first-order valence-electron chi connectivity index (χ1n) is 9.99. The minimum Gasteiger partial charge on any atom is -0.237 e. The first-order valence-corrected chi connectivity index (χ1v) is 14.3. The Kier molecular flexibility index (Phi) is 4.38. The topological polar surface area (TPSA) is 12.9 Å². The molecule has 3 aromatic carbocycles. The highest BCUT2D eigenvalue weighted by atomic mass is 32.1. The molecule has 1 nitrogen and oxygen atoms in total. The number of fused-ring (bicyclic) bond motifs is 2. The van der Waals surface area contributed by atoms with E-state index in [9.17, 15) is 0 Å². The molecule has 2 aromatic heterocycles. The highest BCUT2D eigenvalue weighted by Gasteiger charge is 2.20. The zero-order chi connectivity index (χ0) is 20.0. The highest BCUT2D eigenvalue weighted by Crippen LogP contribution is 2.34. The second-order valence-electron chi connectivity index (χ2n) is 8.56.